The van der Waals surface area contributed by atoms with Crippen LogP contribution in [-0.4, -0.2) is 44.5 Å². The minimum atomic E-state index is -4.58. The smallest absolute Gasteiger partial charge is 0.422 e. The molecule has 0 saturated carbocycles. The van der Waals surface area contributed by atoms with Crippen molar-refractivity contribution in [2.45, 2.75) is 24.9 Å². The molecule has 0 aliphatic heterocycles. The number of esters is 1. The zero-order chi connectivity index (χ0) is 17.0. The molecular formula is C12H14F3NO5S. The molecule has 0 N–H and O–H groups in total. The van der Waals surface area contributed by atoms with E-state index in [1.807, 2.05) is 0 Å². The number of hydrogen-bond acceptors (Lipinski definition) is 6. The van der Waals surface area contributed by atoms with Gasteiger partial charge < -0.3 is 9.47 Å². The normalized spacial score (nSPS) is 12.0. The SMILES string of the molecule is CCOC(=O)c1ncc(OCC(F)(F)F)cc1S(=O)(=O)CC. The number of halogens is 3. The van der Waals surface area contributed by atoms with Crippen molar-refractivity contribution in [1.29, 1.82) is 0 Å². The summed E-state index contributed by atoms with van der Waals surface area (Å²) >= 11 is 0. The lowest BCUT2D eigenvalue weighted by atomic mass is 10.3. The number of rotatable bonds is 6. The molecule has 1 aromatic heterocycles. The van der Waals surface area contributed by atoms with Crippen LogP contribution in [0.15, 0.2) is 17.2 Å². The third-order valence-corrected chi connectivity index (χ3v) is 4.16. The van der Waals surface area contributed by atoms with Crippen LogP contribution in [0, 0.1) is 0 Å². The van der Waals surface area contributed by atoms with Gasteiger partial charge in [0.1, 0.15) is 10.6 Å². The Bertz CT molecular complexity index is 643. The number of aromatic nitrogens is 1. The number of nitrogens with zero attached hydrogens (tertiary/aromatic N) is 1. The molecule has 0 unspecified atom stereocenters. The van der Waals surface area contributed by atoms with E-state index in [0.29, 0.717) is 0 Å². The summed E-state index contributed by atoms with van der Waals surface area (Å²) in [5, 5.41) is 0. The van der Waals surface area contributed by atoms with Crippen molar-refractivity contribution in [2.24, 2.45) is 0 Å². The third-order valence-electron chi connectivity index (χ3n) is 2.41. The Morgan fingerprint density at radius 1 is 1.32 bits per heavy atom. The summed E-state index contributed by atoms with van der Waals surface area (Å²) in [4.78, 5) is 14.7. The van der Waals surface area contributed by atoms with Crippen molar-refractivity contribution < 1.29 is 35.9 Å². The monoisotopic (exact) mass is 341 g/mol. The second kappa shape index (κ2) is 6.95. The summed E-state index contributed by atoms with van der Waals surface area (Å²) in [5.74, 6) is -1.74. The van der Waals surface area contributed by atoms with Gasteiger partial charge in [-0.25, -0.2) is 18.2 Å². The van der Waals surface area contributed by atoms with Crippen LogP contribution in [0.1, 0.15) is 24.3 Å². The minimum absolute atomic E-state index is 0.00154. The van der Waals surface area contributed by atoms with E-state index >= 15 is 0 Å². The quantitative estimate of drug-likeness (QED) is 0.736. The number of sulfone groups is 1. The fourth-order valence-corrected chi connectivity index (χ4v) is 2.45. The Morgan fingerprint density at radius 3 is 2.45 bits per heavy atom. The molecule has 0 aliphatic carbocycles. The van der Waals surface area contributed by atoms with E-state index in [1.165, 1.54) is 13.8 Å². The summed E-state index contributed by atoms with van der Waals surface area (Å²) in [5.41, 5.74) is -0.483. The zero-order valence-corrected chi connectivity index (χ0v) is 12.6. The molecular weight excluding hydrogens is 327 g/mol. The van der Waals surface area contributed by atoms with Gasteiger partial charge in [-0.15, -0.1) is 0 Å². The number of pyridine rings is 1. The molecule has 0 amide bonds. The highest BCUT2D eigenvalue weighted by Crippen LogP contribution is 2.24. The van der Waals surface area contributed by atoms with E-state index in [1.54, 1.807) is 0 Å². The van der Waals surface area contributed by atoms with Gasteiger partial charge in [-0.1, -0.05) is 6.92 Å². The topological polar surface area (TPSA) is 82.6 Å². The number of carbonyl (C=O) groups is 1. The molecule has 6 nitrogen and oxygen atoms in total. The maximum absolute atomic E-state index is 12.1. The number of carbonyl (C=O) groups excluding carboxylic acids is 1. The molecule has 0 spiro atoms. The molecule has 0 fully saturated rings. The molecule has 0 atom stereocenters. The largest absolute Gasteiger partial charge is 0.482 e. The van der Waals surface area contributed by atoms with Gasteiger partial charge in [-0.2, -0.15) is 13.2 Å². The molecule has 0 aromatic carbocycles. The van der Waals surface area contributed by atoms with E-state index in [9.17, 15) is 26.4 Å². The standard InChI is InChI=1S/C12H14F3NO5S/c1-3-20-11(17)10-9(22(18,19)4-2)5-8(6-16-10)21-7-12(13,14)15/h5-6H,3-4,7H2,1-2H3. The number of hydrogen-bond donors (Lipinski definition) is 0. The van der Waals surface area contributed by atoms with Gasteiger partial charge in [0.25, 0.3) is 0 Å². The first-order valence-electron chi connectivity index (χ1n) is 6.20. The molecule has 0 bridgehead atoms. The van der Waals surface area contributed by atoms with Crippen LogP contribution in [0.25, 0.3) is 0 Å². The molecule has 0 saturated heterocycles. The highest BCUT2D eigenvalue weighted by molar-refractivity contribution is 7.91. The van der Waals surface area contributed by atoms with Crippen molar-refractivity contribution in [3.05, 3.63) is 18.0 Å². The summed E-state index contributed by atoms with van der Waals surface area (Å²) in [6.07, 6.45) is -3.74. The molecule has 10 heteroatoms. The first kappa shape index (κ1) is 18.2. The third kappa shape index (κ3) is 4.86. The van der Waals surface area contributed by atoms with Crippen molar-refractivity contribution in [2.75, 3.05) is 19.0 Å². The van der Waals surface area contributed by atoms with Gasteiger partial charge in [0.2, 0.25) is 0 Å². The maximum Gasteiger partial charge on any atom is 0.422 e. The molecule has 1 aromatic rings. The van der Waals surface area contributed by atoms with Gasteiger partial charge in [-0.3, -0.25) is 0 Å². The zero-order valence-electron chi connectivity index (χ0n) is 11.8. The predicted octanol–water partition coefficient (Wildman–Crippen LogP) is 1.99. The summed E-state index contributed by atoms with van der Waals surface area (Å²) < 4.78 is 69.4. The summed E-state index contributed by atoms with van der Waals surface area (Å²) in [6.45, 7) is 1.25. The maximum atomic E-state index is 12.1. The van der Waals surface area contributed by atoms with E-state index in [-0.39, 0.29) is 12.4 Å². The van der Waals surface area contributed by atoms with Crippen LogP contribution in [-0.2, 0) is 14.6 Å². The van der Waals surface area contributed by atoms with E-state index in [0.717, 1.165) is 12.3 Å². The number of alkyl halides is 3. The van der Waals surface area contributed by atoms with Crippen LogP contribution >= 0.6 is 0 Å². The van der Waals surface area contributed by atoms with Crippen LogP contribution < -0.4 is 4.74 Å². The molecule has 0 radical (unpaired) electrons. The van der Waals surface area contributed by atoms with Crippen molar-refractivity contribution in [3.8, 4) is 5.75 Å². The van der Waals surface area contributed by atoms with Crippen LogP contribution in [0.4, 0.5) is 13.2 Å². The summed E-state index contributed by atoms with van der Waals surface area (Å²) in [7, 11) is -3.89. The van der Waals surface area contributed by atoms with Gasteiger partial charge >= 0.3 is 12.1 Å². The first-order valence-corrected chi connectivity index (χ1v) is 7.85. The van der Waals surface area contributed by atoms with E-state index < -0.39 is 44.9 Å². The van der Waals surface area contributed by atoms with Gasteiger partial charge in [0, 0.05) is 6.07 Å². The molecule has 0 aliphatic rings. The molecule has 22 heavy (non-hydrogen) atoms. The lowest BCUT2D eigenvalue weighted by Crippen LogP contribution is -2.20. The average Bonchev–Trinajstić information content (AvgIpc) is 2.44. The highest BCUT2D eigenvalue weighted by atomic mass is 32.2. The molecule has 124 valence electrons. The Hall–Kier alpha value is -1.84. The molecule has 1 heterocycles. The van der Waals surface area contributed by atoms with E-state index in [2.05, 4.69) is 14.5 Å². The van der Waals surface area contributed by atoms with Crippen LogP contribution in [0.3, 0.4) is 0 Å². The summed E-state index contributed by atoms with van der Waals surface area (Å²) in [6, 6.07) is 0.837. The van der Waals surface area contributed by atoms with E-state index in [4.69, 9.17) is 0 Å². The number of ether oxygens (including phenoxy) is 2. The van der Waals surface area contributed by atoms with Gasteiger partial charge in [-0.05, 0) is 6.92 Å². The first-order chi connectivity index (χ1) is 10.1. The second-order valence-electron chi connectivity index (χ2n) is 4.05. The Kier molecular flexibility index (Phi) is 5.75. The van der Waals surface area contributed by atoms with Gasteiger partial charge in [0.15, 0.2) is 22.1 Å². The average molecular weight is 341 g/mol. The second-order valence-corrected chi connectivity index (χ2v) is 6.29. The minimum Gasteiger partial charge on any atom is -0.482 e. The Labute approximate surface area is 125 Å². The lowest BCUT2D eigenvalue weighted by molar-refractivity contribution is -0.153. The fraction of sp³-hybridized carbons (Fsp3) is 0.500. The fourth-order valence-electron chi connectivity index (χ4n) is 1.42. The molecule has 1 rings (SSSR count). The lowest BCUT2D eigenvalue weighted by Gasteiger charge is -2.12. The Balaban J connectivity index is 3.23. The van der Waals surface area contributed by atoms with Crippen LogP contribution in [0.2, 0.25) is 0 Å². The van der Waals surface area contributed by atoms with Crippen molar-refractivity contribution in [1.82, 2.24) is 4.98 Å². The highest BCUT2D eigenvalue weighted by Gasteiger charge is 2.29. The Morgan fingerprint density at radius 2 is 1.95 bits per heavy atom. The van der Waals surface area contributed by atoms with Crippen LogP contribution in [0.5, 0.6) is 5.75 Å². The van der Waals surface area contributed by atoms with Gasteiger partial charge in [0.05, 0.1) is 18.6 Å². The van der Waals surface area contributed by atoms with Crippen molar-refractivity contribution in [3.63, 3.8) is 0 Å². The van der Waals surface area contributed by atoms with Crippen molar-refractivity contribution >= 4 is 15.8 Å². The predicted molar refractivity (Wildman–Crippen MR) is 69.5 cm³/mol.